The van der Waals surface area contributed by atoms with Crippen molar-refractivity contribution in [3.05, 3.63) is 16.4 Å². The van der Waals surface area contributed by atoms with E-state index in [0.717, 1.165) is 17.4 Å². The van der Waals surface area contributed by atoms with E-state index in [1.165, 1.54) is 0 Å². The molecule has 2 rings (SSSR count). The Morgan fingerprint density at radius 2 is 2.57 bits per heavy atom. The van der Waals surface area contributed by atoms with Crippen LogP contribution in [0.1, 0.15) is 36.3 Å². The maximum atomic E-state index is 11.5. The predicted octanol–water partition coefficient (Wildman–Crippen LogP) is 1.73. The number of carbonyl (C=O) groups excluding carboxylic acids is 1. The number of nitrogens with one attached hydrogen (secondary N) is 1. The summed E-state index contributed by atoms with van der Waals surface area (Å²) >= 11 is 3.29. The number of halogens is 1. The van der Waals surface area contributed by atoms with Crippen molar-refractivity contribution in [1.29, 1.82) is 0 Å². The summed E-state index contributed by atoms with van der Waals surface area (Å²) in [6.45, 7) is 2.82. The molecule has 14 heavy (non-hydrogen) atoms. The molecule has 0 spiro atoms. The Morgan fingerprint density at radius 1 is 1.79 bits per heavy atom. The van der Waals surface area contributed by atoms with E-state index in [-0.39, 0.29) is 5.91 Å². The molecule has 1 unspecified atom stereocenters. The van der Waals surface area contributed by atoms with Crippen LogP contribution in [0, 0.1) is 0 Å². The largest absolute Gasteiger partial charge is 0.349 e. The van der Waals surface area contributed by atoms with E-state index >= 15 is 0 Å². The van der Waals surface area contributed by atoms with Gasteiger partial charge in [0.25, 0.3) is 5.91 Å². The third-order valence-electron chi connectivity index (χ3n) is 2.40. The molecule has 76 valence electrons. The van der Waals surface area contributed by atoms with Crippen LogP contribution in [0.2, 0.25) is 0 Å². The van der Waals surface area contributed by atoms with E-state index in [4.69, 9.17) is 0 Å². The first-order valence-electron chi connectivity index (χ1n) is 4.75. The van der Waals surface area contributed by atoms with Crippen LogP contribution in [0.4, 0.5) is 0 Å². The first kappa shape index (κ1) is 9.71. The van der Waals surface area contributed by atoms with Gasteiger partial charge in [-0.3, -0.25) is 9.48 Å². The van der Waals surface area contributed by atoms with Crippen LogP contribution >= 0.6 is 15.9 Å². The second kappa shape index (κ2) is 3.73. The molecule has 0 fully saturated rings. The van der Waals surface area contributed by atoms with Gasteiger partial charge in [-0.1, -0.05) is 13.3 Å². The van der Waals surface area contributed by atoms with E-state index in [1.807, 2.05) is 4.68 Å². The highest BCUT2D eigenvalue weighted by molar-refractivity contribution is 9.10. The minimum Gasteiger partial charge on any atom is -0.349 e. The van der Waals surface area contributed by atoms with Crippen LogP contribution in [-0.2, 0) is 0 Å². The standard InChI is InChI=1S/C9H12BrN3O/c1-2-3-6-5-11-9(14)7-4-8(10)12-13(6)7/h4,6H,2-3,5H2,1H3,(H,11,14). The summed E-state index contributed by atoms with van der Waals surface area (Å²) in [6.07, 6.45) is 2.14. The summed E-state index contributed by atoms with van der Waals surface area (Å²) in [7, 11) is 0. The summed E-state index contributed by atoms with van der Waals surface area (Å²) in [6, 6.07) is 2.07. The molecule has 1 aromatic rings. The lowest BCUT2D eigenvalue weighted by molar-refractivity contribution is 0.0907. The molecule has 1 atom stereocenters. The lowest BCUT2D eigenvalue weighted by Crippen LogP contribution is -2.39. The number of hydrogen-bond donors (Lipinski definition) is 1. The van der Waals surface area contributed by atoms with Crippen molar-refractivity contribution in [3.8, 4) is 0 Å². The molecule has 0 radical (unpaired) electrons. The van der Waals surface area contributed by atoms with E-state index in [0.29, 0.717) is 18.3 Å². The van der Waals surface area contributed by atoms with Crippen LogP contribution < -0.4 is 5.32 Å². The Labute approximate surface area is 90.8 Å². The van der Waals surface area contributed by atoms with E-state index in [2.05, 4.69) is 33.3 Å². The molecule has 5 heteroatoms. The van der Waals surface area contributed by atoms with Gasteiger partial charge in [-0.05, 0) is 22.4 Å². The highest BCUT2D eigenvalue weighted by Crippen LogP contribution is 2.22. The maximum absolute atomic E-state index is 11.5. The van der Waals surface area contributed by atoms with E-state index in [1.54, 1.807) is 6.07 Å². The number of hydrogen-bond acceptors (Lipinski definition) is 2. The fraction of sp³-hybridized carbons (Fsp3) is 0.556. The highest BCUT2D eigenvalue weighted by atomic mass is 79.9. The lowest BCUT2D eigenvalue weighted by atomic mass is 10.1. The third-order valence-corrected chi connectivity index (χ3v) is 2.79. The van der Waals surface area contributed by atoms with Gasteiger partial charge in [0.05, 0.1) is 6.04 Å². The number of fused-ring (bicyclic) bond motifs is 1. The van der Waals surface area contributed by atoms with Crippen molar-refractivity contribution in [2.45, 2.75) is 25.8 Å². The zero-order valence-corrected chi connectivity index (χ0v) is 9.54. The van der Waals surface area contributed by atoms with Crippen LogP contribution in [0.3, 0.4) is 0 Å². The Bertz CT molecular complexity index is 361. The molecule has 1 N–H and O–H groups in total. The van der Waals surface area contributed by atoms with Crippen molar-refractivity contribution < 1.29 is 4.79 Å². The Hall–Kier alpha value is -0.840. The SMILES string of the molecule is CCCC1CNC(=O)c2cc(Br)nn21. The molecule has 0 saturated carbocycles. The van der Waals surface area contributed by atoms with Crippen LogP contribution in [0.15, 0.2) is 10.7 Å². The molecule has 4 nitrogen and oxygen atoms in total. The summed E-state index contributed by atoms with van der Waals surface area (Å²) in [5.74, 6) is -0.0319. The second-order valence-corrected chi connectivity index (χ2v) is 4.26. The molecule has 1 aromatic heterocycles. The summed E-state index contributed by atoms with van der Waals surface area (Å²) in [5.41, 5.74) is 0.654. The van der Waals surface area contributed by atoms with Gasteiger partial charge in [0.2, 0.25) is 0 Å². The quantitative estimate of drug-likeness (QED) is 0.878. The average Bonchev–Trinajstić information content (AvgIpc) is 2.53. The summed E-state index contributed by atoms with van der Waals surface area (Å²) in [5, 5.41) is 7.14. The zero-order valence-electron chi connectivity index (χ0n) is 7.96. The topological polar surface area (TPSA) is 46.9 Å². The number of rotatable bonds is 2. The van der Waals surface area contributed by atoms with Crippen molar-refractivity contribution in [1.82, 2.24) is 15.1 Å². The second-order valence-electron chi connectivity index (χ2n) is 3.45. The maximum Gasteiger partial charge on any atom is 0.269 e. The normalized spacial score (nSPS) is 20.4. The summed E-state index contributed by atoms with van der Waals surface area (Å²) in [4.78, 5) is 11.5. The fourth-order valence-corrected chi connectivity index (χ4v) is 2.15. The van der Waals surface area contributed by atoms with Crippen LogP contribution in [-0.4, -0.2) is 22.2 Å². The Balaban J connectivity index is 2.36. The van der Waals surface area contributed by atoms with Gasteiger partial charge in [-0.25, -0.2) is 0 Å². The number of amides is 1. The lowest BCUT2D eigenvalue weighted by Gasteiger charge is -2.24. The monoisotopic (exact) mass is 257 g/mol. The first-order valence-corrected chi connectivity index (χ1v) is 5.55. The van der Waals surface area contributed by atoms with Gasteiger partial charge in [0.1, 0.15) is 10.3 Å². The molecule has 2 heterocycles. The molecule has 1 amide bonds. The van der Waals surface area contributed by atoms with E-state index < -0.39 is 0 Å². The minimum absolute atomic E-state index is 0.0319. The average molecular weight is 258 g/mol. The van der Waals surface area contributed by atoms with Gasteiger partial charge in [0.15, 0.2) is 0 Å². The van der Waals surface area contributed by atoms with Gasteiger partial charge in [-0.15, -0.1) is 0 Å². The molecule has 1 aliphatic rings. The number of nitrogens with zero attached hydrogens (tertiary/aromatic N) is 2. The molecule has 0 aromatic carbocycles. The van der Waals surface area contributed by atoms with Gasteiger partial charge in [-0.2, -0.15) is 5.10 Å². The highest BCUT2D eigenvalue weighted by Gasteiger charge is 2.25. The van der Waals surface area contributed by atoms with E-state index in [9.17, 15) is 4.79 Å². The fourth-order valence-electron chi connectivity index (χ4n) is 1.76. The zero-order chi connectivity index (χ0) is 10.1. The molecular weight excluding hydrogens is 246 g/mol. The van der Waals surface area contributed by atoms with Gasteiger partial charge in [0, 0.05) is 12.6 Å². The first-order chi connectivity index (χ1) is 6.72. The minimum atomic E-state index is -0.0319. The van der Waals surface area contributed by atoms with Gasteiger partial charge >= 0.3 is 0 Å². The molecule has 0 saturated heterocycles. The molecular formula is C9H12BrN3O. The smallest absolute Gasteiger partial charge is 0.269 e. The van der Waals surface area contributed by atoms with Crippen LogP contribution in [0.25, 0.3) is 0 Å². The summed E-state index contributed by atoms with van der Waals surface area (Å²) < 4.78 is 2.55. The van der Waals surface area contributed by atoms with Crippen molar-refractivity contribution in [2.75, 3.05) is 6.54 Å². The predicted molar refractivity (Wildman–Crippen MR) is 56.2 cm³/mol. The number of aromatic nitrogens is 2. The van der Waals surface area contributed by atoms with Crippen LogP contribution in [0.5, 0.6) is 0 Å². The molecule has 0 bridgehead atoms. The van der Waals surface area contributed by atoms with Gasteiger partial charge < -0.3 is 5.32 Å². The van der Waals surface area contributed by atoms with Crippen molar-refractivity contribution in [3.63, 3.8) is 0 Å². The number of carbonyl (C=O) groups is 1. The Kier molecular flexibility index (Phi) is 2.58. The third kappa shape index (κ3) is 1.56. The van der Waals surface area contributed by atoms with Crippen molar-refractivity contribution >= 4 is 21.8 Å². The van der Waals surface area contributed by atoms with Crippen molar-refractivity contribution in [2.24, 2.45) is 0 Å². The molecule has 0 aliphatic carbocycles. The molecule has 1 aliphatic heterocycles. The Morgan fingerprint density at radius 3 is 3.29 bits per heavy atom.